The van der Waals surface area contributed by atoms with Crippen molar-refractivity contribution < 1.29 is 4.79 Å². The normalized spacial score (nSPS) is 12.1. The molecule has 0 bridgehead atoms. The highest BCUT2D eigenvalue weighted by molar-refractivity contribution is 5.75. The number of Topliss-reactive ketones (excluding diaryl/α,β-unsaturated/α-hetero) is 1. The summed E-state index contributed by atoms with van der Waals surface area (Å²) < 4.78 is 0. The van der Waals surface area contributed by atoms with E-state index in [1.54, 1.807) is 6.92 Å². The summed E-state index contributed by atoms with van der Waals surface area (Å²) in [6, 6.07) is 0. The average molecular weight is 557 g/mol. The fraction of sp³-hybridized carbons (Fsp3) is 0.821. The SMILES string of the molecule is CCCCCCCCCCCCCCCC/C=C/CCCCC/C=C/CCCCC/C=C/CCCCCC(C)=O. The van der Waals surface area contributed by atoms with Gasteiger partial charge in [-0.05, 0) is 90.4 Å². The van der Waals surface area contributed by atoms with E-state index in [0.29, 0.717) is 5.78 Å². The fourth-order valence-electron chi connectivity index (χ4n) is 5.38. The van der Waals surface area contributed by atoms with Crippen LogP contribution in [-0.4, -0.2) is 5.78 Å². The molecule has 0 aromatic carbocycles. The zero-order chi connectivity index (χ0) is 29.0. The summed E-state index contributed by atoms with van der Waals surface area (Å²) >= 11 is 0. The van der Waals surface area contributed by atoms with Crippen LogP contribution in [0, 0.1) is 0 Å². The Morgan fingerprint density at radius 3 is 0.850 bits per heavy atom. The monoisotopic (exact) mass is 557 g/mol. The molecule has 1 heteroatoms. The molecule has 0 aromatic rings. The maximum absolute atomic E-state index is 10.9. The molecule has 0 unspecified atom stereocenters. The standard InChI is InChI=1S/C39H72O/c1-3-4-5-6-7-8-9-10-11-12-13-14-15-16-17-18-19-20-21-22-23-24-25-26-27-28-29-30-31-32-33-34-35-36-37-38-39(2)40/h18-19,25-26,32-33H,3-17,20-24,27-31,34-38H2,1-2H3/b19-18+,26-25+,33-32+. The van der Waals surface area contributed by atoms with Crippen molar-refractivity contribution in [1.29, 1.82) is 0 Å². The van der Waals surface area contributed by atoms with Crippen LogP contribution in [0.2, 0.25) is 0 Å². The lowest BCUT2D eigenvalue weighted by Gasteiger charge is -2.02. The summed E-state index contributed by atoms with van der Waals surface area (Å²) in [4.78, 5) is 10.9. The van der Waals surface area contributed by atoms with Gasteiger partial charge in [0.05, 0.1) is 0 Å². The average Bonchev–Trinajstić information content (AvgIpc) is 2.95. The number of rotatable bonds is 33. The molecular weight excluding hydrogens is 484 g/mol. The summed E-state index contributed by atoms with van der Waals surface area (Å²) in [5.74, 6) is 0.328. The third-order valence-electron chi connectivity index (χ3n) is 8.11. The van der Waals surface area contributed by atoms with Crippen LogP contribution in [0.3, 0.4) is 0 Å². The Hall–Kier alpha value is -1.11. The van der Waals surface area contributed by atoms with E-state index in [2.05, 4.69) is 43.4 Å². The summed E-state index contributed by atoms with van der Waals surface area (Å²) in [6.07, 6.45) is 54.4. The molecular formula is C39H72O. The van der Waals surface area contributed by atoms with Gasteiger partial charge in [0.2, 0.25) is 0 Å². The van der Waals surface area contributed by atoms with E-state index in [1.165, 1.54) is 180 Å². The zero-order valence-electron chi connectivity index (χ0n) is 27.6. The van der Waals surface area contributed by atoms with Gasteiger partial charge in [0.1, 0.15) is 5.78 Å². The number of hydrogen-bond acceptors (Lipinski definition) is 1. The maximum atomic E-state index is 10.9. The van der Waals surface area contributed by atoms with Crippen LogP contribution < -0.4 is 0 Å². The van der Waals surface area contributed by atoms with Crippen LogP contribution in [0.5, 0.6) is 0 Å². The van der Waals surface area contributed by atoms with E-state index < -0.39 is 0 Å². The summed E-state index contributed by atoms with van der Waals surface area (Å²) in [7, 11) is 0. The van der Waals surface area contributed by atoms with Gasteiger partial charge in [-0.1, -0.05) is 146 Å². The second kappa shape index (κ2) is 35.9. The first-order valence-electron chi connectivity index (χ1n) is 18.2. The Bertz CT molecular complexity index is 569. The quantitative estimate of drug-likeness (QED) is 0.0580. The van der Waals surface area contributed by atoms with E-state index >= 15 is 0 Å². The van der Waals surface area contributed by atoms with Crippen molar-refractivity contribution in [3.8, 4) is 0 Å². The highest BCUT2D eigenvalue weighted by Gasteiger charge is 1.95. The smallest absolute Gasteiger partial charge is 0.129 e. The van der Waals surface area contributed by atoms with E-state index in [4.69, 9.17) is 0 Å². The minimum absolute atomic E-state index is 0.328. The molecule has 0 aromatic heterocycles. The van der Waals surface area contributed by atoms with Gasteiger partial charge in [-0.25, -0.2) is 0 Å². The topological polar surface area (TPSA) is 17.1 Å². The minimum atomic E-state index is 0.328. The van der Waals surface area contributed by atoms with Crippen LogP contribution in [0.25, 0.3) is 0 Å². The fourth-order valence-corrected chi connectivity index (χ4v) is 5.38. The van der Waals surface area contributed by atoms with Crippen molar-refractivity contribution in [2.75, 3.05) is 0 Å². The Kier molecular flexibility index (Phi) is 34.9. The highest BCUT2D eigenvalue weighted by atomic mass is 16.1. The summed E-state index contributed by atoms with van der Waals surface area (Å²) in [5.41, 5.74) is 0. The molecule has 0 atom stereocenters. The number of carbonyl (C=O) groups is 1. The summed E-state index contributed by atoms with van der Waals surface area (Å²) in [6.45, 7) is 3.99. The van der Waals surface area contributed by atoms with Gasteiger partial charge in [-0.3, -0.25) is 0 Å². The number of hydrogen-bond donors (Lipinski definition) is 0. The lowest BCUT2D eigenvalue weighted by molar-refractivity contribution is -0.117. The van der Waals surface area contributed by atoms with Crippen LogP contribution in [0.15, 0.2) is 36.5 Å². The van der Waals surface area contributed by atoms with E-state index in [0.717, 1.165) is 12.8 Å². The molecule has 0 aliphatic heterocycles. The lowest BCUT2D eigenvalue weighted by Crippen LogP contribution is -1.88. The Balaban J connectivity index is 3.19. The van der Waals surface area contributed by atoms with Crippen molar-refractivity contribution in [2.45, 2.75) is 206 Å². The largest absolute Gasteiger partial charge is 0.300 e. The van der Waals surface area contributed by atoms with Crippen molar-refractivity contribution in [2.24, 2.45) is 0 Å². The molecule has 0 rings (SSSR count). The molecule has 0 radical (unpaired) electrons. The molecule has 0 amide bonds. The molecule has 0 aliphatic rings. The second-order valence-corrected chi connectivity index (χ2v) is 12.4. The molecule has 0 saturated heterocycles. The van der Waals surface area contributed by atoms with Crippen molar-refractivity contribution in [3.05, 3.63) is 36.5 Å². The summed E-state index contributed by atoms with van der Waals surface area (Å²) in [5, 5.41) is 0. The number of allylic oxidation sites excluding steroid dienone is 6. The molecule has 0 N–H and O–H groups in total. The van der Waals surface area contributed by atoms with Gasteiger partial charge in [0.15, 0.2) is 0 Å². The van der Waals surface area contributed by atoms with Gasteiger partial charge in [0.25, 0.3) is 0 Å². The van der Waals surface area contributed by atoms with Crippen LogP contribution in [0.4, 0.5) is 0 Å². The van der Waals surface area contributed by atoms with E-state index in [1.807, 2.05) is 0 Å². The molecule has 0 saturated carbocycles. The van der Waals surface area contributed by atoms with E-state index in [9.17, 15) is 4.79 Å². The number of carbonyl (C=O) groups excluding carboxylic acids is 1. The van der Waals surface area contributed by atoms with Crippen LogP contribution >= 0.6 is 0 Å². The molecule has 0 heterocycles. The van der Waals surface area contributed by atoms with Gasteiger partial charge < -0.3 is 4.79 Å². The maximum Gasteiger partial charge on any atom is 0.129 e. The molecule has 0 spiro atoms. The van der Waals surface area contributed by atoms with E-state index in [-0.39, 0.29) is 0 Å². The van der Waals surface area contributed by atoms with Gasteiger partial charge >= 0.3 is 0 Å². The third-order valence-corrected chi connectivity index (χ3v) is 8.11. The van der Waals surface area contributed by atoms with Crippen molar-refractivity contribution in [1.82, 2.24) is 0 Å². The van der Waals surface area contributed by atoms with Gasteiger partial charge in [-0.2, -0.15) is 0 Å². The first kappa shape index (κ1) is 38.9. The van der Waals surface area contributed by atoms with Gasteiger partial charge in [0, 0.05) is 6.42 Å². The second-order valence-electron chi connectivity index (χ2n) is 12.4. The predicted molar refractivity (Wildman–Crippen MR) is 182 cm³/mol. The third kappa shape index (κ3) is 36.9. The Labute approximate surface area is 253 Å². The highest BCUT2D eigenvalue weighted by Crippen LogP contribution is 2.14. The first-order valence-corrected chi connectivity index (χ1v) is 18.2. The van der Waals surface area contributed by atoms with Gasteiger partial charge in [-0.15, -0.1) is 0 Å². The first-order chi connectivity index (χ1) is 19.8. The molecule has 1 nitrogen and oxygen atoms in total. The molecule has 0 fully saturated rings. The van der Waals surface area contributed by atoms with Crippen molar-refractivity contribution >= 4 is 5.78 Å². The predicted octanol–water partition coefficient (Wildman–Crippen LogP) is 14.0. The molecule has 234 valence electrons. The molecule has 0 aliphatic carbocycles. The van der Waals surface area contributed by atoms with Crippen molar-refractivity contribution in [3.63, 3.8) is 0 Å². The van der Waals surface area contributed by atoms with Crippen LogP contribution in [0.1, 0.15) is 206 Å². The minimum Gasteiger partial charge on any atom is -0.300 e. The zero-order valence-corrected chi connectivity index (χ0v) is 27.6. The Morgan fingerprint density at radius 2 is 0.575 bits per heavy atom. The lowest BCUT2D eigenvalue weighted by atomic mass is 10.0. The Morgan fingerprint density at radius 1 is 0.350 bits per heavy atom. The van der Waals surface area contributed by atoms with Crippen LogP contribution in [-0.2, 0) is 4.79 Å². The number of ketones is 1. The number of unbranched alkanes of at least 4 members (excludes halogenated alkanes) is 25. The molecule has 40 heavy (non-hydrogen) atoms.